The molecule has 0 saturated carbocycles. The third-order valence-corrected chi connectivity index (χ3v) is 4.73. The topological polar surface area (TPSA) is 203 Å². The Kier molecular flexibility index (Phi) is 8.64. The molecule has 2 atom stereocenters. The van der Waals surface area contributed by atoms with Crippen LogP contribution in [0.4, 0.5) is 4.79 Å². The van der Waals surface area contributed by atoms with Crippen LogP contribution in [-0.4, -0.2) is 54.5 Å². The van der Waals surface area contributed by atoms with Crippen molar-refractivity contribution in [3.63, 3.8) is 0 Å². The first kappa shape index (κ1) is 23.5. The van der Waals surface area contributed by atoms with E-state index in [4.69, 9.17) is 17.0 Å². The molecule has 31 heavy (non-hydrogen) atoms. The summed E-state index contributed by atoms with van der Waals surface area (Å²) in [5, 5.41) is 18.9. The number of aromatic nitrogens is 1. The monoisotopic (exact) mass is 431 g/mol. The summed E-state index contributed by atoms with van der Waals surface area (Å²) in [6.07, 6.45) is 2.69. The molecule has 1 aromatic carbocycles. The Morgan fingerprint density at radius 3 is 2.58 bits per heavy atom. The number of primary amides is 1. The Bertz CT molecular complexity index is 927. The maximum Gasteiger partial charge on any atom is 0.329 e. The number of amides is 4. The van der Waals surface area contributed by atoms with Gasteiger partial charge in [0.25, 0.3) is 0 Å². The highest BCUT2D eigenvalue weighted by molar-refractivity contribution is 5.92. The number of para-hydroxylation sites is 1. The van der Waals surface area contributed by atoms with Gasteiger partial charge in [-0.15, -0.1) is 0 Å². The van der Waals surface area contributed by atoms with Gasteiger partial charge in [0.1, 0.15) is 12.1 Å². The summed E-state index contributed by atoms with van der Waals surface area (Å²) in [6, 6.07) is 4.94. The zero-order valence-electron chi connectivity index (χ0n) is 17.2. The minimum Gasteiger partial charge on any atom is -0.368 e. The molecule has 0 radical (unpaired) electrons. The summed E-state index contributed by atoms with van der Waals surface area (Å²) in [6.45, 7) is 0.407. The number of rotatable bonds is 10. The van der Waals surface area contributed by atoms with Crippen LogP contribution in [0.25, 0.3) is 10.9 Å². The predicted molar refractivity (Wildman–Crippen MR) is 117 cm³/mol. The van der Waals surface area contributed by atoms with Crippen molar-refractivity contribution in [1.29, 1.82) is 5.41 Å². The lowest BCUT2D eigenvalue weighted by Gasteiger charge is -2.22. The van der Waals surface area contributed by atoms with Gasteiger partial charge in [0, 0.05) is 37.1 Å². The van der Waals surface area contributed by atoms with Gasteiger partial charge < -0.3 is 32.0 Å². The third kappa shape index (κ3) is 6.89. The molecule has 0 unspecified atom stereocenters. The van der Waals surface area contributed by atoms with Crippen LogP contribution in [0.15, 0.2) is 30.5 Å². The van der Waals surface area contributed by atoms with Crippen LogP contribution in [0.2, 0.25) is 0 Å². The van der Waals surface area contributed by atoms with Crippen LogP contribution < -0.4 is 38.3 Å². The van der Waals surface area contributed by atoms with Crippen molar-refractivity contribution >= 4 is 34.7 Å². The average molecular weight is 432 g/mol. The highest BCUT2D eigenvalue weighted by Gasteiger charge is 2.26. The summed E-state index contributed by atoms with van der Waals surface area (Å²) in [4.78, 5) is 39.6. The molecule has 2 aromatic rings. The number of guanidine groups is 1. The van der Waals surface area contributed by atoms with E-state index in [1.807, 2.05) is 29.7 Å². The summed E-state index contributed by atoms with van der Waals surface area (Å²) in [5.41, 5.74) is 9.17. The molecule has 11 N–H and O–H groups in total. The minimum absolute atomic E-state index is 0.140. The summed E-state index contributed by atoms with van der Waals surface area (Å²) < 4.78 is 0. The van der Waals surface area contributed by atoms with Crippen LogP contribution >= 0.6 is 0 Å². The number of hydrogen-bond donors (Lipinski definition) is 9. The average Bonchev–Trinajstić information content (AvgIpc) is 3.17. The molecular formula is C19H29N9O3. The van der Waals surface area contributed by atoms with E-state index in [2.05, 4.69) is 26.3 Å². The number of nitrogens with one attached hydrogen (secondary N) is 7. The zero-order chi connectivity index (χ0) is 22.8. The van der Waals surface area contributed by atoms with Gasteiger partial charge in [-0.1, -0.05) is 18.2 Å². The van der Waals surface area contributed by atoms with Gasteiger partial charge in [0.15, 0.2) is 5.96 Å². The van der Waals surface area contributed by atoms with Crippen LogP contribution in [0.5, 0.6) is 0 Å². The molecule has 0 saturated heterocycles. The number of hydrogen-bond acceptors (Lipinski definition) is 5. The smallest absolute Gasteiger partial charge is 0.329 e. The minimum atomic E-state index is -0.965. The fourth-order valence-electron chi connectivity index (χ4n) is 3.09. The number of benzene rings is 1. The number of nitrogens with two attached hydrogens (primary N) is 2. The number of urea groups is 1. The Hall–Kier alpha value is -3.80. The molecule has 0 aliphatic rings. The second kappa shape index (κ2) is 11.4. The number of carbonyl (C=O) groups is 3. The van der Waals surface area contributed by atoms with E-state index in [1.54, 1.807) is 13.2 Å². The molecule has 4 amide bonds. The third-order valence-electron chi connectivity index (χ3n) is 4.73. The molecule has 2 rings (SSSR count). The number of carbonyl (C=O) groups excluding carboxylic acids is 3. The van der Waals surface area contributed by atoms with E-state index >= 15 is 0 Å². The molecular weight excluding hydrogens is 402 g/mol. The van der Waals surface area contributed by atoms with Crippen molar-refractivity contribution in [2.24, 2.45) is 11.6 Å². The van der Waals surface area contributed by atoms with Gasteiger partial charge in [-0.2, -0.15) is 0 Å². The van der Waals surface area contributed by atoms with E-state index in [-0.39, 0.29) is 18.8 Å². The van der Waals surface area contributed by atoms with Crippen molar-refractivity contribution in [3.05, 3.63) is 36.0 Å². The van der Waals surface area contributed by atoms with Crippen molar-refractivity contribution < 1.29 is 14.4 Å². The molecule has 1 heterocycles. The van der Waals surface area contributed by atoms with Crippen molar-refractivity contribution in [3.8, 4) is 0 Å². The molecule has 1 aromatic heterocycles. The fraction of sp³-hybridized carbons (Fsp3) is 0.368. The first-order chi connectivity index (χ1) is 14.8. The van der Waals surface area contributed by atoms with Gasteiger partial charge in [-0.05, 0) is 24.5 Å². The van der Waals surface area contributed by atoms with Gasteiger partial charge in [-0.25, -0.2) is 10.6 Å². The number of fused-ring (bicyclic) bond motifs is 1. The van der Waals surface area contributed by atoms with Crippen LogP contribution in [0, 0.1) is 5.41 Å². The summed E-state index contributed by atoms with van der Waals surface area (Å²) in [7, 11) is 1.61. The molecule has 168 valence electrons. The lowest BCUT2D eigenvalue weighted by atomic mass is 10.0. The standard InChI is InChI=1S/C19H29N9O3/c1-23-18(21)24-8-4-7-14(27-19(31)28-22)17(30)26-15(16(20)29)9-11-10-25-13-6-3-2-5-12(11)13/h2-3,5-6,10,14-15,25H,4,7-9,22H2,1H3,(H2,20,29)(H,26,30)(H3,21,23,24)(H2,27,28,31)/t14-,15-/m0/s1. The molecule has 12 nitrogen and oxygen atoms in total. The SMILES string of the molecule is CNC(=N)NCCC[C@H](NC(=O)NN)C(=O)N[C@@H](Cc1c[nH]c2ccccc12)C(N)=O. The first-order valence-corrected chi connectivity index (χ1v) is 9.77. The molecule has 0 aliphatic carbocycles. The zero-order valence-corrected chi connectivity index (χ0v) is 17.2. The largest absolute Gasteiger partial charge is 0.368 e. The molecule has 0 aliphatic heterocycles. The Balaban J connectivity index is 2.05. The van der Waals surface area contributed by atoms with Crippen LogP contribution in [-0.2, 0) is 16.0 Å². The second-order valence-electron chi connectivity index (χ2n) is 6.89. The van der Waals surface area contributed by atoms with Crippen molar-refractivity contribution in [2.45, 2.75) is 31.3 Å². The van der Waals surface area contributed by atoms with E-state index in [0.717, 1.165) is 16.5 Å². The van der Waals surface area contributed by atoms with Crippen LogP contribution in [0.3, 0.4) is 0 Å². The number of aromatic amines is 1. The number of hydrazine groups is 1. The maximum absolute atomic E-state index is 12.8. The van der Waals surface area contributed by atoms with Crippen molar-refractivity contribution in [2.75, 3.05) is 13.6 Å². The molecule has 12 heteroatoms. The Morgan fingerprint density at radius 2 is 1.90 bits per heavy atom. The summed E-state index contributed by atoms with van der Waals surface area (Å²) >= 11 is 0. The van der Waals surface area contributed by atoms with Gasteiger partial charge >= 0.3 is 6.03 Å². The fourth-order valence-corrected chi connectivity index (χ4v) is 3.09. The van der Waals surface area contributed by atoms with E-state index < -0.39 is 29.9 Å². The van der Waals surface area contributed by atoms with Crippen molar-refractivity contribution in [1.82, 2.24) is 31.7 Å². The van der Waals surface area contributed by atoms with Gasteiger partial charge in [0.2, 0.25) is 11.8 Å². The van der Waals surface area contributed by atoms with Crippen LogP contribution in [0.1, 0.15) is 18.4 Å². The lowest BCUT2D eigenvalue weighted by Crippen LogP contribution is -2.55. The highest BCUT2D eigenvalue weighted by atomic mass is 16.2. The number of H-pyrrole nitrogens is 1. The summed E-state index contributed by atoms with van der Waals surface area (Å²) in [5.74, 6) is 4.00. The molecule has 0 fully saturated rings. The predicted octanol–water partition coefficient (Wildman–Crippen LogP) is -1.25. The Morgan fingerprint density at radius 1 is 1.16 bits per heavy atom. The van der Waals surface area contributed by atoms with Gasteiger partial charge in [0.05, 0.1) is 0 Å². The normalized spacial score (nSPS) is 12.5. The van der Waals surface area contributed by atoms with E-state index in [9.17, 15) is 14.4 Å². The quantitative estimate of drug-likeness (QED) is 0.0561. The molecule has 0 bridgehead atoms. The highest BCUT2D eigenvalue weighted by Crippen LogP contribution is 2.19. The van der Waals surface area contributed by atoms with Gasteiger partial charge in [-0.3, -0.25) is 20.4 Å². The second-order valence-corrected chi connectivity index (χ2v) is 6.89. The lowest BCUT2D eigenvalue weighted by molar-refractivity contribution is -0.128. The molecule has 0 spiro atoms. The Labute approximate surface area is 179 Å². The maximum atomic E-state index is 12.8. The van der Waals surface area contributed by atoms with E-state index in [0.29, 0.717) is 13.0 Å². The first-order valence-electron chi connectivity index (χ1n) is 9.77. The van der Waals surface area contributed by atoms with E-state index in [1.165, 1.54) is 0 Å².